The molecule has 4 aromatic rings. The highest BCUT2D eigenvalue weighted by molar-refractivity contribution is 5.92. The molecule has 300 valence electrons. The van der Waals surface area contributed by atoms with Crippen molar-refractivity contribution in [1.29, 1.82) is 0 Å². The lowest BCUT2D eigenvalue weighted by atomic mass is 9.95. The number of nitrogens with one attached hydrogen (secondary N) is 1. The molecule has 0 aliphatic carbocycles. The van der Waals surface area contributed by atoms with E-state index < -0.39 is 132 Å². The number of aliphatic hydroxyl groups excluding tert-OH is 6. The molecule has 0 unspecified atom stereocenters. The molecule has 0 bridgehead atoms. The standard InChI is InChI=1S/C36H37NO19/c38-11-22-26(37-24(46)6-2-13-1-4-16(41)18(43)7-13)28(48)30(50)35(53-22)55-33-23(12-39)54-36(31(51)29(33)49)56-34-27(47)25-20(45)9-15(40)10-21(25)52-32(34)14-3-5-17(42)19(44)8-14/h1-10,22-23,26,28-31,33,35-36,38-45,48-51H,11-12H2,(H,37,46)/b6-2+/t22-,23-,26-,28+,29-,30-,31-,33-,35+,36+/m1/s1. The predicted octanol–water partition coefficient (Wildman–Crippen LogP) is -1.47. The summed E-state index contributed by atoms with van der Waals surface area (Å²) in [6.45, 7) is -1.78. The van der Waals surface area contributed by atoms with Gasteiger partial charge in [0, 0.05) is 23.8 Å². The molecule has 1 aromatic heterocycles. The molecule has 0 spiro atoms. The average Bonchev–Trinajstić information content (AvgIpc) is 3.16. The Morgan fingerprint density at radius 2 is 1.38 bits per heavy atom. The summed E-state index contributed by atoms with van der Waals surface area (Å²) in [7, 11) is 0. The molecular formula is C36H37NO19. The molecule has 3 aromatic carbocycles. The minimum Gasteiger partial charge on any atom is -0.508 e. The van der Waals surface area contributed by atoms with E-state index in [0.29, 0.717) is 5.56 Å². The summed E-state index contributed by atoms with van der Waals surface area (Å²) in [4.78, 5) is 26.4. The van der Waals surface area contributed by atoms with Gasteiger partial charge in [-0.05, 0) is 42.0 Å². The number of ether oxygens (including phenoxy) is 4. The highest BCUT2D eigenvalue weighted by Gasteiger charge is 2.52. The zero-order valence-electron chi connectivity index (χ0n) is 28.7. The van der Waals surface area contributed by atoms with E-state index in [2.05, 4.69) is 5.32 Å². The third-order valence-corrected chi connectivity index (χ3v) is 9.12. The maximum absolute atomic E-state index is 13.7. The van der Waals surface area contributed by atoms with E-state index in [1.807, 2.05) is 0 Å². The topological polar surface area (TPSA) is 339 Å². The monoisotopic (exact) mass is 787 g/mol. The molecular weight excluding hydrogens is 750 g/mol. The van der Waals surface area contributed by atoms with Crippen molar-refractivity contribution >= 4 is 23.0 Å². The summed E-state index contributed by atoms with van der Waals surface area (Å²) >= 11 is 0. The second kappa shape index (κ2) is 16.2. The lowest BCUT2D eigenvalue weighted by molar-refractivity contribution is -0.344. The van der Waals surface area contributed by atoms with Crippen LogP contribution in [0.4, 0.5) is 0 Å². The fraction of sp³-hybridized carbons (Fsp3) is 0.333. The Hall–Kier alpha value is -5.68. The van der Waals surface area contributed by atoms with Crippen LogP contribution in [0.1, 0.15) is 5.56 Å². The second-order valence-corrected chi connectivity index (χ2v) is 12.9. The fourth-order valence-corrected chi connectivity index (χ4v) is 6.23. The minimum absolute atomic E-state index is 0.0773. The molecule has 20 nitrogen and oxygen atoms in total. The number of phenols is 6. The van der Waals surface area contributed by atoms with E-state index in [4.69, 9.17) is 23.4 Å². The third kappa shape index (κ3) is 7.86. The smallest absolute Gasteiger partial charge is 0.244 e. The normalized spacial score (nSPS) is 28.0. The summed E-state index contributed by atoms with van der Waals surface area (Å²) in [5, 5.41) is 126. The van der Waals surface area contributed by atoms with Crippen molar-refractivity contribution in [3.8, 4) is 51.6 Å². The first-order valence-electron chi connectivity index (χ1n) is 16.7. The number of benzene rings is 3. The van der Waals surface area contributed by atoms with Crippen LogP contribution >= 0.6 is 0 Å². The Kier molecular flexibility index (Phi) is 11.6. The van der Waals surface area contributed by atoms with Crippen LogP contribution in [0.5, 0.6) is 40.2 Å². The number of aliphatic hydroxyl groups is 6. The van der Waals surface area contributed by atoms with Crippen molar-refractivity contribution in [1.82, 2.24) is 5.32 Å². The van der Waals surface area contributed by atoms with E-state index in [1.165, 1.54) is 30.3 Å². The van der Waals surface area contributed by atoms with Gasteiger partial charge in [-0.2, -0.15) is 0 Å². The molecule has 2 saturated heterocycles. The van der Waals surface area contributed by atoms with Crippen molar-refractivity contribution in [2.45, 2.75) is 61.3 Å². The lowest BCUT2D eigenvalue weighted by Gasteiger charge is -2.46. The number of rotatable bonds is 10. The number of phenolic OH excluding ortho intramolecular Hbond substituents is 6. The first kappa shape index (κ1) is 40.0. The highest BCUT2D eigenvalue weighted by Crippen LogP contribution is 2.40. The van der Waals surface area contributed by atoms with E-state index in [-0.39, 0.29) is 16.9 Å². The summed E-state index contributed by atoms with van der Waals surface area (Å²) in [6.07, 6.45) is -14.4. The van der Waals surface area contributed by atoms with Crippen molar-refractivity contribution in [3.05, 3.63) is 70.4 Å². The molecule has 0 saturated carbocycles. The van der Waals surface area contributed by atoms with Gasteiger partial charge in [0.05, 0.1) is 19.3 Å². The van der Waals surface area contributed by atoms with Gasteiger partial charge in [-0.25, -0.2) is 0 Å². The van der Waals surface area contributed by atoms with Crippen LogP contribution in [0.3, 0.4) is 0 Å². The highest BCUT2D eigenvalue weighted by atomic mass is 16.7. The van der Waals surface area contributed by atoms with Crippen molar-refractivity contribution in [2.24, 2.45) is 0 Å². The van der Waals surface area contributed by atoms with E-state index in [1.54, 1.807) is 0 Å². The Bertz CT molecular complexity index is 2170. The van der Waals surface area contributed by atoms with Crippen LogP contribution in [0.25, 0.3) is 28.4 Å². The Balaban J connectivity index is 1.20. The van der Waals surface area contributed by atoms with Gasteiger partial charge in [-0.1, -0.05) is 6.07 Å². The maximum atomic E-state index is 13.7. The first-order valence-corrected chi connectivity index (χ1v) is 16.7. The number of amides is 1. The second-order valence-electron chi connectivity index (χ2n) is 12.9. The van der Waals surface area contributed by atoms with Crippen molar-refractivity contribution < 1.29 is 89.4 Å². The van der Waals surface area contributed by atoms with Gasteiger partial charge < -0.3 is 90.0 Å². The van der Waals surface area contributed by atoms with Crippen LogP contribution in [0.15, 0.2) is 63.8 Å². The summed E-state index contributed by atoms with van der Waals surface area (Å²) in [5.41, 5.74) is -1.16. The summed E-state index contributed by atoms with van der Waals surface area (Å²) in [5.74, 6) is -5.22. The molecule has 6 rings (SSSR count). The largest absolute Gasteiger partial charge is 0.508 e. The molecule has 0 radical (unpaired) electrons. The van der Waals surface area contributed by atoms with Gasteiger partial charge in [-0.3, -0.25) is 9.59 Å². The minimum atomic E-state index is -2.11. The molecule has 56 heavy (non-hydrogen) atoms. The number of fused-ring (bicyclic) bond motifs is 1. The SMILES string of the molecule is O=C(/C=C/c1ccc(O)c(O)c1)N[C@H]1[C@H](O)[C@@H](O)[C@H](O[C@H]2[C@H](O)[C@@H](O)[C@H](Oc3c(-c4ccc(O)c(O)c4)oc4cc(O)cc(O)c4c3=O)O[C@@H]2CO)O[C@@H]1CO. The average molecular weight is 788 g/mol. The quantitative estimate of drug-likeness (QED) is 0.0645. The number of carbonyl (C=O) groups excluding carboxylic acids is 1. The van der Waals surface area contributed by atoms with Gasteiger partial charge in [-0.15, -0.1) is 0 Å². The first-order chi connectivity index (χ1) is 26.6. The van der Waals surface area contributed by atoms with Crippen molar-refractivity contribution in [3.63, 3.8) is 0 Å². The van der Waals surface area contributed by atoms with E-state index in [0.717, 1.165) is 30.3 Å². The summed E-state index contributed by atoms with van der Waals surface area (Å²) < 4.78 is 28.5. The molecule has 20 heteroatoms. The molecule has 10 atom stereocenters. The van der Waals surface area contributed by atoms with Crippen LogP contribution in [-0.2, 0) is 19.0 Å². The summed E-state index contributed by atoms with van der Waals surface area (Å²) in [6, 6.07) is 7.44. The van der Waals surface area contributed by atoms with Crippen LogP contribution in [0, 0.1) is 0 Å². The Labute approximate surface area is 314 Å². The Morgan fingerprint density at radius 3 is 2.04 bits per heavy atom. The van der Waals surface area contributed by atoms with Gasteiger partial charge in [0.1, 0.15) is 65.2 Å². The van der Waals surface area contributed by atoms with Crippen LogP contribution < -0.4 is 15.5 Å². The molecule has 3 heterocycles. The number of hydrogen-bond acceptors (Lipinski definition) is 19. The molecule has 2 fully saturated rings. The number of hydrogen-bond donors (Lipinski definition) is 13. The number of aromatic hydroxyl groups is 6. The van der Waals surface area contributed by atoms with Gasteiger partial charge in [0.25, 0.3) is 0 Å². The van der Waals surface area contributed by atoms with Gasteiger partial charge in [0.2, 0.25) is 23.4 Å². The zero-order valence-corrected chi connectivity index (χ0v) is 28.7. The molecule has 2 aliphatic heterocycles. The molecule has 2 aliphatic rings. The van der Waals surface area contributed by atoms with Gasteiger partial charge >= 0.3 is 0 Å². The predicted molar refractivity (Wildman–Crippen MR) is 186 cm³/mol. The van der Waals surface area contributed by atoms with Crippen LogP contribution in [0.2, 0.25) is 0 Å². The Morgan fingerprint density at radius 1 is 0.732 bits per heavy atom. The van der Waals surface area contributed by atoms with Gasteiger partial charge in [0.15, 0.2) is 35.0 Å². The lowest BCUT2D eigenvalue weighted by Crippen LogP contribution is -2.67. The van der Waals surface area contributed by atoms with Crippen molar-refractivity contribution in [2.75, 3.05) is 13.2 Å². The van der Waals surface area contributed by atoms with E-state index >= 15 is 0 Å². The number of carbonyl (C=O) groups is 1. The molecule has 1 amide bonds. The zero-order chi connectivity index (χ0) is 40.6. The maximum Gasteiger partial charge on any atom is 0.244 e. The fourth-order valence-electron chi connectivity index (χ4n) is 6.23. The van der Waals surface area contributed by atoms with Crippen LogP contribution in [-0.4, -0.2) is 142 Å². The third-order valence-electron chi connectivity index (χ3n) is 9.12. The molecule has 13 N–H and O–H groups in total. The van der Waals surface area contributed by atoms with E-state index in [9.17, 15) is 70.9 Å².